The third-order valence-corrected chi connectivity index (χ3v) is 2.65. The molecule has 0 heterocycles. The zero-order chi connectivity index (χ0) is 9.23. The van der Waals surface area contributed by atoms with Crippen LogP contribution < -0.4 is 5.32 Å². The maximum atomic E-state index is 3.47. The van der Waals surface area contributed by atoms with E-state index in [1.54, 1.807) is 0 Å². The molecule has 0 spiro atoms. The number of nitrogens with one attached hydrogen (secondary N) is 1. The van der Waals surface area contributed by atoms with Gasteiger partial charge in [-0.05, 0) is 42.7 Å². The largest absolute Gasteiger partial charge is 0.317 e. The van der Waals surface area contributed by atoms with Crippen molar-refractivity contribution in [3.8, 4) is 0 Å². The van der Waals surface area contributed by atoms with Crippen molar-refractivity contribution in [3.05, 3.63) is 0 Å². The smallest absolute Gasteiger partial charge is 0.000472 e. The molecule has 0 unspecified atom stereocenters. The van der Waals surface area contributed by atoms with Gasteiger partial charge < -0.3 is 5.32 Å². The van der Waals surface area contributed by atoms with Gasteiger partial charge in [0.2, 0.25) is 0 Å². The Bertz CT molecular complexity index is 83.9. The minimum Gasteiger partial charge on any atom is -0.317 e. The van der Waals surface area contributed by atoms with Crippen LogP contribution in [-0.4, -0.2) is 17.5 Å². The van der Waals surface area contributed by atoms with Crippen LogP contribution in [0.25, 0.3) is 0 Å². The molecule has 0 aromatic carbocycles. The summed E-state index contributed by atoms with van der Waals surface area (Å²) in [4.78, 5) is 0. The molecule has 1 nitrogen and oxygen atoms in total. The molecule has 0 fully saturated rings. The van der Waals surface area contributed by atoms with E-state index in [0.717, 1.165) is 5.92 Å². The molecule has 0 atom stereocenters. The fourth-order valence-electron chi connectivity index (χ4n) is 1.04. The number of halogens is 1. The summed E-state index contributed by atoms with van der Waals surface area (Å²) in [6.07, 6.45) is 5.43. The Labute approximate surface area is 90.8 Å². The highest BCUT2D eigenvalue weighted by Gasteiger charge is 1.92. The second-order valence-corrected chi connectivity index (χ2v) is 4.76. The second-order valence-electron chi connectivity index (χ2n) is 3.68. The summed E-state index contributed by atoms with van der Waals surface area (Å²) in [5.41, 5.74) is 0. The van der Waals surface area contributed by atoms with Crippen LogP contribution in [0.1, 0.15) is 39.5 Å². The molecule has 0 bridgehead atoms. The topological polar surface area (TPSA) is 12.0 Å². The van der Waals surface area contributed by atoms with Gasteiger partial charge >= 0.3 is 0 Å². The van der Waals surface area contributed by atoms with Crippen LogP contribution in [0.2, 0.25) is 0 Å². The molecule has 0 saturated carbocycles. The Kier molecular flexibility index (Phi) is 10.3. The van der Waals surface area contributed by atoms with Gasteiger partial charge in [-0.3, -0.25) is 0 Å². The molecule has 0 aromatic rings. The van der Waals surface area contributed by atoms with Crippen molar-refractivity contribution in [3.63, 3.8) is 0 Å². The van der Waals surface area contributed by atoms with Gasteiger partial charge in [0.25, 0.3) is 0 Å². The molecule has 0 aromatic heterocycles. The maximum Gasteiger partial charge on any atom is -0.000472 e. The molecule has 0 amide bonds. The lowest BCUT2D eigenvalue weighted by Crippen LogP contribution is -2.17. The monoisotopic (exact) mass is 283 g/mol. The number of hydrogen-bond donors (Lipinski definition) is 1. The SMILES string of the molecule is CC(C)CCNCCCCCI. The Morgan fingerprint density at radius 1 is 1.08 bits per heavy atom. The van der Waals surface area contributed by atoms with Crippen molar-refractivity contribution >= 4 is 22.6 Å². The predicted molar refractivity (Wildman–Crippen MR) is 65.1 cm³/mol. The Balaban J connectivity index is 2.82. The summed E-state index contributed by atoms with van der Waals surface area (Å²) >= 11 is 2.44. The van der Waals surface area contributed by atoms with Crippen LogP contribution >= 0.6 is 22.6 Å². The molecule has 2 heteroatoms. The van der Waals surface area contributed by atoms with Gasteiger partial charge in [-0.2, -0.15) is 0 Å². The van der Waals surface area contributed by atoms with E-state index in [9.17, 15) is 0 Å². The van der Waals surface area contributed by atoms with Gasteiger partial charge in [0, 0.05) is 0 Å². The third-order valence-electron chi connectivity index (χ3n) is 1.89. The van der Waals surface area contributed by atoms with Gasteiger partial charge in [0.05, 0.1) is 0 Å². The normalized spacial score (nSPS) is 11.0. The van der Waals surface area contributed by atoms with E-state index < -0.39 is 0 Å². The van der Waals surface area contributed by atoms with Gasteiger partial charge in [-0.1, -0.05) is 42.9 Å². The lowest BCUT2D eigenvalue weighted by molar-refractivity contribution is 0.526. The number of alkyl halides is 1. The second kappa shape index (κ2) is 9.78. The average molecular weight is 283 g/mol. The Morgan fingerprint density at radius 2 is 1.83 bits per heavy atom. The van der Waals surface area contributed by atoms with Gasteiger partial charge in [0.15, 0.2) is 0 Å². The summed E-state index contributed by atoms with van der Waals surface area (Å²) in [5.74, 6) is 0.840. The summed E-state index contributed by atoms with van der Waals surface area (Å²) < 4.78 is 1.31. The van der Waals surface area contributed by atoms with E-state index in [1.807, 2.05) is 0 Å². The van der Waals surface area contributed by atoms with Crippen molar-refractivity contribution in [2.24, 2.45) is 5.92 Å². The van der Waals surface area contributed by atoms with Crippen LogP contribution in [0.5, 0.6) is 0 Å². The first-order valence-electron chi connectivity index (χ1n) is 5.04. The summed E-state index contributed by atoms with van der Waals surface area (Å²) in [6.45, 7) is 6.96. The third kappa shape index (κ3) is 10.7. The van der Waals surface area contributed by atoms with E-state index in [0.29, 0.717) is 0 Å². The predicted octanol–water partition coefficient (Wildman–Crippen LogP) is 3.23. The Hall–Kier alpha value is 0.690. The van der Waals surface area contributed by atoms with Crippen molar-refractivity contribution in [2.75, 3.05) is 17.5 Å². The highest BCUT2D eigenvalue weighted by atomic mass is 127. The molecule has 0 aliphatic rings. The molecule has 0 saturated heterocycles. The highest BCUT2D eigenvalue weighted by Crippen LogP contribution is 1.99. The van der Waals surface area contributed by atoms with Crippen molar-refractivity contribution in [1.29, 1.82) is 0 Å². The average Bonchev–Trinajstić information content (AvgIpc) is 2.02. The highest BCUT2D eigenvalue weighted by molar-refractivity contribution is 14.1. The van der Waals surface area contributed by atoms with Crippen LogP contribution in [0.4, 0.5) is 0 Å². The minimum atomic E-state index is 0.840. The fraction of sp³-hybridized carbons (Fsp3) is 1.00. The molecule has 74 valence electrons. The standard InChI is InChI=1S/C10H22IN/c1-10(2)6-9-12-8-5-3-4-7-11/h10,12H,3-9H2,1-2H3. The van der Waals surface area contributed by atoms with Gasteiger partial charge in [-0.15, -0.1) is 0 Å². The Morgan fingerprint density at radius 3 is 2.42 bits per heavy atom. The number of hydrogen-bond acceptors (Lipinski definition) is 1. The number of rotatable bonds is 8. The summed E-state index contributed by atoms with van der Waals surface area (Å²) in [6, 6.07) is 0. The van der Waals surface area contributed by atoms with E-state index in [-0.39, 0.29) is 0 Å². The fourth-order valence-corrected chi connectivity index (χ4v) is 1.58. The lowest BCUT2D eigenvalue weighted by Gasteiger charge is -2.05. The van der Waals surface area contributed by atoms with Crippen LogP contribution in [0, 0.1) is 5.92 Å². The van der Waals surface area contributed by atoms with Gasteiger partial charge in [0.1, 0.15) is 0 Å². The molecule has 12 heavy (non-hydrogen) atoms. The van der Waals surface area contributed by atoms with E-state index in [2.05, 4.69) is 41.8 Å². The molecule has 0 aliphatic heterocycles. The minimum absolute atomic E-state index is 0.840. The summed E-state index contributed by atoms with van der Waals surface area (Å²) in [5, 5.41) is 3.47. The van der Waals surface area contributed by atoms with E-state index in [1.165, 1.54) is 43.2 Å². The van der Waals surface area contributed by atoms with Crippen LogP contribution in [0.15, 0.2) is 0 Å². The van der Waals surface area contributed by atoms with Crippen LogP contribution in [-0.2, 0) is 0 Å². The van der Waals surface area contributed by atoms with E-state index >= 15 is 0 Å². The van der Waals surface area contributed by atoms with Gasteiger partial charge in [-0.25, -0.2) is 0 Å². The first-order chi connectivity index (χ1) is 5.77. The van der Waals surface area contributed by atoms with Crippen molar-refractivity contribution in [2.45, 2.75) is 39.5 Å². The molecule has 0 radical (unpaired) electrons. The molecule has 0 aliphatic carbocycles. The lowest BCUT2D eigenvalue weighted by atomic mass is 10.1. The molecule has 1 N–H and O–H groups in total. The molecular weight excluding hydrogens is 261 g/mol. The zero-order valence-corrected chi connectivity index (χ0v) is 10.6. The summed E-state index contributed by atoms with van der Waals surface area (Å²) in [7, 11) is 0. The first kappa shape index (κ1) is 12.7. The van der Waals surface area contributed by atoms with Crippen LogP contribution in [0.3, 0.4) is 0 Å². The van der Waals surface area contributed by atoms with Crippen molar-refractivity contribution < 1.29 is 0 Å². The first-order valence-corrected chi connectivity index (χ1v) is 6.56. The molecule has 0 rings (SSSR count). The quantitative estimate of drug-likeness (QED) is 0.410. The number of unbranched alkanes of at least 4 members (excludes halogenated alkanes) is 2. The van der Waals surface area contributed by atoms with Crippen molar-refractivity contribution in [1.82, 2.24) is 5.32 Å². The molecular formula is C10H22IN. The van der Waals surface area contributed by atoms with E-state index in [4.69, 9.17) is 0 Å². The zero-order valence-electron chi connectivity index (χ0n) is 8.41. The maximum absolute atomic E-state index is 3.47.